The van der Waals surface area contributed by atoms with Gasteiger partial charge >= 0.3 is 0 Å². The molecule has 0 aliphatic carbocycles. The number of nitrogens with two attached hydrogens (primary N) is 1. The van der Waals surface area contributed by atoms with E-state index in [4.69, 9.17) is 5.73 Å². The monoisotopic (exact) mass is 237 g/mol. The molecule has 0 spiro atoms. The predicted molar refractivity (Wildman–Crippen MR) is 61.8 cm³/mol. The molecule has 1 aromatic carbocycles. The number of benzene rings is 1. The molecular formula is C11H11NO3S. The Balaban J connectivity index is 2.45. The van der Waals surface area contributed by atoms with Crippen molar-refractivity contribution in [2.24, 2.45) is 5.73 Å². The molecule has 2 aromatic rings. The van der Waals surface area contributed by atoms with Crippen LogP contribution in [0.3, 0.4) is 0 Å². The quantitative estimate of drug-likeness (QED) is 0.601. The largest absolute Gasteiger partial charge is 0.504 e. The second-order valence-electron chi connectivity index (χ2n) is 3.36. The summed E-state index contributed by atoms with van der Waals surface area (Å²) in [5.41, 5.74) is 6.33. The van der Waals surface area contributed by atoms with Gasteiger partial charge in [-0.15, -0.1) is 11.3 Å². The molecule has 0 amide bonds. The van der Waals surface area contributed by atoms with Gasteiger partial charge in [-0.1, -0.05) is 6.07 Å². The molecule has 0 aliphatic rings. The van der Waals surface area contributed by atoms with Crippen LogP contribution in [0.15, 0.2) is 29.6 Å². The summed E-state index contributed by atoms with van der Waals surface area (Å²) in [4.78, 5) is 0.875. The van der Waals surface area contributed by atoms with E-state index in [1.165, 1.54) is 23.5 Å². The first-order valence-electron chi connectivity index (χ1n) is 4.64. The van der Waals surface area contributed by atoms with Gasteiger partial charge in [0.15, 0.2) is 11.5 Å². The topological polar surface area (TPSA) is 86.7 Å². The Hall–Kier alpha value is -1.72. The van der Waals surface area contributed by atoms with Gasteiger partial charge in [0, 0.05) is 10.4 Å². The molecule has 16 heavy (non-hydrogen) atoms. The zero-order valence-corrected chi connectivity index (χ0v) is 9.11. The highest BCUT2D eigenvalue weighted by molar-refractivity contribution is 7.10. The molecule has 0 saturated heterocycles. The molecule has 4 nitrogen and oxygen atoms in total. The summed E-state index contributed by atoms with van der Waals surface area (Å²) in [6, 6.07) is 5.99. The molecule has 5 heteroatoms. The van der Waals surface area contributed by atoms with Gasteiger partial charge in [-0.25, -0.2) is 0 Å². The average Bonchev–Trinajstić information content (AvgIpc) is 2.79. The van der Waals surface area contributed by atoms with Crippen LogP contribution in [0, 0.1) is 0 Å². The lowest BCUT2D eigenvalue weighted by atomic mass is 10.0. The fourth-order valence-electron chi connectivity index (χ4n) is 1.46. The van der Waals surface area contributed by atoms with Crippen LogP contribution in [0.1, 0.15) is 16.5 Å². The lowest BCUT2D eigenvalue weighted by molar-refractivity contribution is 0.364. The fraction of sp³-hybridized carbons (Fsp3) is 0.0909. The van der Waals surface area contributed by atoms with Crippen LogP contribution in [-0.2, 0) is 0 Å². The molecule has 5 N–H and O–H groups in total. The van der Waals surface area contributed by atoms with Gasteiger partial charge in [0.2, 0.25) is 5.75 Å². The minimum absolute atomic E-state index is 0.361. The van der Waals surface area contributed by atoms with Crippen LogP contribution in [0.4, 0.5) is 0 Å². The second-order valence-corrected chi connectivity index (χ2v) is 4.34. The first-order chi connectivity index (χ1) is 7.61. The Morgan fingerprint density at radius 3 is 2.44 bits per heavy atom. The van der Waals surface area contributed by atoms with Crippen LogP contribution in [0.5, 0.6) is 17.2 Å². The number of phenolic OH excluding ortho intramolecular Hbond substituents is 3. The smallest absolute Gasteiger partial charge is 0.200 e. The van der Waals surface area contributed by atoms with E-state index >= 15 is 0 Å². The highest BCUT2D eigenvalue weighted by Gasteiger charge is 2.18. The van der Waals surface area contributed by atoms with Crippen LogP contribution in [0.25, 0.3) is 0 Å². The summed E-state index contributed by atoms with van der Waals surface area (Å²) in [5.74, 6) is -1.27. The van der Waals surface area contributed by atoms with Gasteiger partial charge in [-0.3, -0.25) is 0 Å². The van der Waals surface area contributed by atoms with Gasteiger partial charge in [0.1, 0.15) is 0 Å². The van der Waals surface area contributed by atoms with E-state index in [0.29, 0.717) is 5.56 Å². The minimum atomic E-state index is -0.537. The number of aromatic hydroxyl groups is 3. The molecule has 1 atom stereocenters. The molecule has 0 bridgehead atoms. The molecule has 0 saturated carbocycles. The van der Waals surface area contributed by atoms with Gasteiger partial charge in [0.25, 0.3) is 0 Å². The average molecular weight is 237 g/mol. The Labute approximate surface area is 96.2 Å². The number of rotatable bonds is 2. The van der Waals surface area contributed by atoms with E-state index in [9.17, 15) is 15.3 Å². The lowest BCUT2D eigenvalue weighted by Gasteiger charge is -2.13. The lowest BCUT2D eigenvalue weighted by Crippen LogP contribution is -2.10. The number of thiophene rings is 1. The van der Waals surface area contributed by atoms with Gasteiger partial charge in [-0.05, 0) is 23.6 Å². The maximum absolute atomic E-state index is 9.66. The zero-order valence-electron chi connectivity index (χ0n) is 8.29. The molecule has 0 aliphatic heterocycles. The summed E-state index contributed by atoms with van der Waals surface area (Å²) >= 11 is 1.46. The molecule has 1 heterocycles. The number of phenols is 3. The SMILES string of the molecule is N[C@@H](c1cccs1)c1ccc(O)c(O)c1O. The molecule has 0 radical (unpaired) electrons. The Morgan fingerprint density at radius 1 is 1.06 bits per heavy atom. The summed E-state index contributed by atoms with van der Waals surface area (Å²) in [5, 5.41) is 30.1. The van der Waals surface area contributed by atoms with Crippen LogP contribution >= 0.6 is 11.3 Å². The maximum Gasteiger partial charge on any atom is 0.200 e. The van der Waals surface area contributed by atoms with Crippen LogP contribution < -0.4 is 5.73 Å². The zero-order chi connectivity index (χ0) is 11.7. The van der Waals surface area contributed by atoms with E-state index < -0.39 is 11.8 Å². The first kappa shape index (κ1) is 10.8. The highest BCUT2D eigenvalue weighted by atomic mass is 32.1. The van der Waals surface area contributed by atoms with Crippen LogP contribution in [-0.4, -0.2) is 15.3 Å². The Morgan fingerprint density at radius 2 is 1.81 bits per heavy atom. The summed E-state index contributed by atoms with van der Waals surface area (Å²) in [7, 11) is 0. The third-order valence-corrected chi connectivity index (χ3v) is 3.30. The first-order valence-corrected chi connectivity index (χ1v) is 5.52. The minimum Gasteiger partial charge on any atom is -0.504 e. The third-order valence-electron chi connectivity index (χ3n) is 2.35. The Bertz CT molecular complexity index is 496. The van der Waals surface area contributed by atoms with Crippen molar-refractivity contribution in [1.82, 2.24) is 0 Å². The van der Waals surface area contributed by atoms with Gasteiger partial charge in [0.05, 0.1) is 6.04 Å². The fourth-order valence-corrected chi connectivity index (χ4v) is 2.20. The molecular weight excluding hydrogens is 226 g/mol. The van der Waals surface area contributed by atoms with Crippen molar-refractivity contribution in [2.75, 3.05) is 0 Å². The number of hydrogen-bond acceptors (Lipinski definition) is 5. The van der Waals surface area contributed by atoms with Crippen LogP contribution in [0.2, 0.25) is 0 Å². The molecule has 2 rings (SSSR count). The second kappa shape index (κ2) is 4.03. The van der Waals surface area contributed by atoms with Gasteiger partial charge in [-0.2, -0.15) is 0 Å². The standard InChI is InChI=1S/C11H11NO3S/c12-9(8-2-1-5-16-8)6-3-4-7(13)11(15)10(6)14/h1-5,9,13-15H,12H2/t9-/m1/s1. The van der Waals surface area contributed by atoms with E-state index in [2.05, 4.69) is 0 Å². The van der Waals surface area contributed by atoms with E-state index in [-0.39, 0.29) is 11.5 Å². The molecule has 1 aromatic heterocycles. The van der Waals surface area contributed by atoms with E-state index in [1.807, 2.05) is 17.5 Å². The predicted octanol–water partition coefficient (Wildman–Crippen LogP) is 1.91. The highest BCUT2D eigenvalue weighted by Crippen LogP contribution is 2.41. The summed E-state index contributed by atoms with van der Waals surface area (Å²) in [6.45, 7) is 0. The van der Waals surface area contributed by atoms with Gasteiger partial charge < -0.3 is 21.1 Å². The van der Waals surface area contributed by atoms with Crippen molar-refractivity contribution in [3.05, 3.63) is 40.1 Å². The summed E-state index contributed by atoms with van der Waals surface area (Å²) < 4.78 is 0. The van der Waals surface area contributed by atoms with Crippen molar-refractivity contribution in [1.29, 1.82) is 0 Å². The molecule has 0 fully saturated rings. The Kier molecular flexibility index (Phi) is 2.72. The van der Waals surface area contributed by atoms with E-state index in [1.54, 1.807) is 0 Å². The van der Waals surface area contributed by atoms with Crippen molar-refractivity contribution in [3.63, 3.8) is 0 Å². The normalized spacial score (nSPS) is 12.6. The third kappa shape index (κ3) is 1.70. The van der Waals surface area contributed by atoms with Crippen molar-refractivity contribution in [2.45, 2.75) is 6.04 Å². The molecule has 84 valence electrons. The maximum atomic E-state index is 9.66. The number of hydrogen-bond donors (Lipinski definition) is 4. The van der Waals surface area contributed by atoms with Crippen molar-refractivity contribution >= 4 is 11.3 Å². The van der Waals surface area contributed by atoms with Crippen molar-refractivity contribution < 1.29 is 15.3 Å². The molecule has 0 unspecified atom stereocenters. The summed E-state index contributed by atoms with van der Waals surface area (Å²) in [6.07, 6.45) is 0. The van der Waals surface area contributed by atoms with E-state index in [0.717, 1.165) is 4.88 Å². The van der Waals surface area contributed by atoms with Crippen molar-refractivity contribution in [3.8, 4) is 17.2 Å².